The number of nitrogens with one attached hydrogen (secondary N) is 1. The van der Waals surface area contributed by atoms with Gasteiger partial charge in [-0.15, -0.1) is 0 Å². The third kappa shape index (κ3) is 3.75. The Bertz CT molecular complexity index is 685. The average molecular weight is 299 g/mol. The Labute approximate surface area is 130 Å². The Morgan fingerprint density at radius 1 is 1.32 bits per heavy atom. The molecule has 1 aromatic heterocycles. The number of carbonyl (C=O) groups is 1. The minimum Gasteiger partial charge on any atom is -0.494 e. The van der Waals surface area contributed by atoms with Crippen LogP contribution in [0.5, 0.6) is 5.75 Å². The van der Waals surface area contributed by atoms with E-state index < -0.39 is 0 Å². The summed E-state index contributed by atoms with van der Waals surface area (Å²) in [5.41, 5.74) is 3.65. The van der Waals surface area contributed by atoms with E-state index >= 15 is 0 Å². The molecule has 5 nitrogen and oxygen atoms in total. The second-order valence-electron chi connectivity index (χ2n) is 4.99. The highest BCUT2D eigenvalue weighted by atomic mass is 16.5. The summed E-state index contributed by atoms with van der Waals surface area (Å²) in [4.78, 5) is 12.0. The number of rotatable bonds is 5. The first kappa shape index (κ1) is 15.8. The molecular weight excluding hydrogens is 278 g/mol. The van der Waals surface area contributed by atoms with Crippen LogP contribution >= 0.6 is 0 Å². The number of ether oxygens (including phenoxy) is 1. The summed E-state index contributed by atoms with van der Waals surface area (Å²) in [6.45, 7) is 6.46. The summed E-state index contributed by atoms with van der Waals surface area (Å²) < 4.78 is 7.17. The van der Waals surface area contributed by atoms with Crippen molar-refractivity contribution < 1.29 is 9.53 Å². The van der Waals surface area contributed by atoms with Crippen LogP contribution in [-0.4, -0.2) is 22.3 Å². The Kier molecular flexibility index (Phi) is 4.99. The van der Waals surface area contributed by atoms with Crippen LogP contribution in [0.15, 0.2) is 30.3 Å². The van der Waals surface area contributed by atoms with E-state index in [9.17, 15) is 4.79 Å². The summed E-state index contributed by atoms with van der Waals surface area (Å²) in [5, 5.41) is 7.14. The summed E-state index contributed by atoms with van der Waals surface area (Å²) in [7, 11) is 1.89. The lowest BCUT2D eigenvalue weighted by atomic mass is 10.2. The van der Waals surface area contributed by atoms with Crippen molar-refractivity contribution in [3.63, 3.8) is 0 Å². The van der Waals surface area contributed by atoms with Crippen LogP contribution in [-0.2, 0) is 11.8 Å². The molecule has 0 saturated carbocycles. The molecule has 1 amide bonds. The zero-order valence-electron chi connectivity index (χ0n) is 13.4. The molecule has 0 radical (unpaired) electrons. The van der Waals surface area contributed by atoms with Crippen molar-refractivity contribution in [2.24, 2.45) is 7.05 Å². The van der Waals surface area contributed by atoms with Crippen molar-refractivity contribution in [3.8, 4) is 5.75 Å². The van der Waals surface area contributed by atoms with Gasteiger partial charge in [0, 0.05) is 30.1 Å². The number of anilines is 1. The molecule has 0 saturated heterocycles. The predicted octanol–water partition coefficient (Wildman–Crippen LogP) is 3.09. The molecule has 0 aliphatic heterocycles. The summed E-state index contributed by atoms with van der Waals surface area (Å²) in [5.74, 6) is 0.615. The number of hydrogen-bond acceptors (Lipinski definition) is 3. The average Bonchev–Trinajstić information content (AvgIpc) is 2.72. The molecule has 5 heteroatoms. The summed E-state index contributed by atoms with van der Waals surface area (Å²) >= 11 is 0. The highest BCUT2D eigenvalue weighted by molar-refractivity contribution is 6.02. The van der Waals surface area contributed by atoms with E-state index in [2.05, 4.69) is 10.4 Å². The molecule has 2 rings (SSSR count). The zero-order chi connectivity index (χ0) is 16.1. The fourth-order valence-electron chi connectivity index (χ4n) is 2.18. The fraction of sp³-hybridized carbons (Fsp3) is 0.294. The molecule has 1 N–H and O–H groups in total. The number of aromatic nitrogens is 2. The Morgan fingerprint density at radius 3 is 2.55 bits per heavy atom. The number of aryl methyl sites for hydroxylation is 2. The number of nitrogens with zero attached hydrogens (tertiary/aromatic N) is 2. The van der Waals surface area contributed by atoms with Crippen molar-refractivity contribution >= 4 is 17.7 Å². The van der Waals surface area contributed by atoms with Gasteiger partial charge in [-0.1, -0.05) is 0 Å². The highest BCUT2D eigenvalue weighted by Crippen LogP contribution is 2.16. The Balaban J connectivity index is 2.01. The predicted molar refractivity (Wildman–Crippen MR) is 88.0 cm³/mol. The number of hydrogen-bond donors (Lipinski definition) is 1. The number of carbonyl (C=O) groups excluding carboxylic acids is 1. The van der Waals surface area contributed by atoms with E-state index in [1.54, 1.807) is 10.8 Å². The molecule has 22 heavy (non-hydrogen) atoms. The van der Waals surface area contributed by atoms with E-state index in [4.69, 9.17) is 4.74 Å². The lowest BCUT2D eigenvalue weighted by molar-refractivity contribution is -0.111. The lowest BCUT2D eigenvalue weighted by Crippen LogP contribution is -2.07. The van der Waals surface area contributed by atoms with Crippen molar-refractivity contribution in [1.29, 1.82) is 0 Å². The first-order chi connectivity index (χ1) is 10.5. The molecule has 2 aromatic rings. The molecule has 0 unspecified atom stereocenters. The first-order valence-electron chi connectivity index (χ1n) is 7.23. The van der Waals surface area contributed by atoms with E-state index in [-0.39, 0.29) is 5.91 Å². The van der Waals surface area contributed by atoms with E-state index in [0.29, 0.717) is 6.61 Å². The Morgan fingerprint density at radius 2 is 2.00 bits per heavy atom. The molecular formula is C17H21N3O2. The third-order valence-electron chi connectivity index (χ3n) is 3.40. The number of amides is 1. The minimum absolute atomic E-state index is 0.174. The van der Waals surface area contributed by atoms with Crippen molar-refractivity contribution in [3.05, 3.63) is 47.3 Å². The first-order valence-corrected chi connectivity index (χ1v) is 7.23. The molecule has 0 aliphatic carbocycles. The van der Waals surface area contributed by atoms with Gasteiger partial charge in [0.15, 0.2) is 0 Å². The van der Waals surface area contributed by atoms with Crippen LogP contribution < -0.4 is 10.1 Å². The van der Waals surface area contributed by atoms with Gasteiger partial charge < -0.3 is 10.1 Å². The second-order valence-corrected chi connectivity index (χ2v) is 4.99. The molecule has 0 spiro atoms. The maximum absolute atomic E-state index is 12.0. The molecule has 0 fully saturated rings. The monoisotopic (exact) mass is 299 g/mol. The van der Waals surface area contributed by atoms with Gasteiger partial charge in [-0.05, 0) is 51.1 Å². The molecule has 1 heterocycles. The highest BCUT2D eigenvalue weighted by Gasteiger charge is 2.06. The molecule has 1 aromatic carbocycles. The van der Waals surface area contributed by atoms with Crippen molar-refractivity contribution in [1.82, 2.24) is 9.78 Å². The Hall–Kier alpha value is -2.56. The topological polar surface area (TPSA) is 56.1 Å². The smallest absolute Gasteiger partial charge is 0.248 e. The van der Waals surface area contributed by atoms with E-state index in [0.717, 1.165) is 28.4 Å². The van der Waals surface area contributed by atoms with Gasteiger partial charge in [0.1, 0.15) is 5.75 Å². The molecule has 0 aliphatic rings. The van der Waals surface area contributed by atoms with Gasteiger partial charge >= 0.3 is 0 Å². The minimum atomic E-state index is -0.174. The second kappa shape index (κ2) is 6.93. The SMILES string of the molecule is CCOc1ccc(NC(=O)/C=C/c2c(C)nn(C)c2C)cc1. The molecule has 0 atom stereocenters. The normalized spacial score (nSPS) is 10.9. The van der Waals surface area contributed by atoms with Gasteiger partial charge in [0.05, 0.1) is 12.3 Å². The van der Waals surface area contributed by atoms with Crippen LogP contribution in [0, 0.1) is 13.8 Å². The van der Waals surface area contributed by atoms with Crippen LogP contribution in [0.2, 0.25) is 0 Å². The van der Waals surface area contributed by atoms with Crippen molar-refractivity contribution in [2.45, 2.75) is 20.8 Å². The van der Waals surface area contributed by atoms with Gasteiger partial charge in [-0.25, -0.2) is 0 Å². The zero-order valence-corrected chi connectivity index (χ0v) is 13.4. The molecule has 116 valence electrons. The van der Waals surface area contributed by atoms with Crippen LogP contribution in [0.25, 0.3) is 6.08 Å². The standard InChI is InChI=1S/C17H21N3O2/c1-5-22-15-8-6-14(7-9-15)18-17(21)11-10-16-12(2)19-20(4)13(16)3/h6-11H,5H2,1-4H3,(H,18,21)/b11-10+. The summed E-state index contributed by atoms with van der Waals surface area (Å²) in [6.07, 6.45) is 3.31. The van der Waals surface area contributed by atoms with Crippen LogP contribution in [0.3, 0.4) is 0 Å². The number of benzene rings is 1. The van der Waals surface area contributed by atoms with Gasteiger partial charge in [0.25, 0.3) is 0 Å². The van der Waals surface area contributed by atoms with Gasteiger partial charge in [-0.2, -0.15) is 5.10 Å². The van der Waals surface area contributed by atoms with Crippen LogP contribution in [0.1, 0.15) is 23.9 Å². The van der Waals surface area contributed by atoms with Gasteiger partial charge in [0.2, 0.25) is 5.91 Å². The maximum Gasteiger partial charge on any atom is 0.248 e. The van der Waals surface area contributed by atoms with E-state index in [1.807, 2.05) is 52.1 Å². The van der Waals surface area contributed by atoms with E-state index in [1.165, 1.54) is 6.08 Å². The largest absolute Gasteiger partial charge is 0.494 e. The fourth-order valence-corrected chi connectivity index (χ4v) is 2.18. The van der Waals surface area contributed by atoms with Crippen molar-refractivity contribution in [2.75, 3.05) is 11.9 Å². The molecule has 0 bridgehead atoms. The summed E-state index contributed by atoms with van der Waals surface area (Å²) in [6, 6.07) is 7.30. The van der Waals surface area contributed by atoms with Crippen LogP contribution in [0.4, 0.5) is 5.69 Å². The maximum atomic E-state index is 12.0. The quantitative estimate of drug-likeness (QED) is 0.863. The van der Waals surface area contributed by atoms with Gasteiger partial charge in [-0.3, -0.25) is 9.48 Å². The third-order valence-corrected chi connectivity index (χ3v) is 3.40. The lowest BCUT2D eigenvalue weighted by Gasteiger charge is -2.05.